The maximum absolute atomic E-state index is 11.8. The molecule has 86 valence electrons. The van der Waals surface area contributed by atoms with E-state index in [1.165, 1.54) is 12.1 Å². The second-order valence-corrected chi connectivity index (χ2v) is 4.27. The molecule has 1 aliphatic heterocycles. The van der Waals surface area contributed by atoms with Crippen LogP contribution in [0.1, 0.15) is 16.9 Å². The molecule has 1 unspecified atom stereocenters. The zero-order chi connectivity index (χ0) is 11.7. The van der Waals surface area contributed by atoms with Crippen molar-refractivity contribution in [2.45, 2.75) is 11.8 Å². The van der Waals surface area contributed by atoms with E-state index in [1.807, 2.05) is 0 Å². The Morgan fingerprint density at radius 3 is 2.88 bits per heavy atom. The van der Waals surface area contributed by atoms with Gasteiger partial charge in [-0.2, -0.15) is 0 Å². The minimum Gasteiger partial charge on any atom is -0.358 e. The van der Waals surface area contributed by atoms with E-state index < -0.39 is 4.92 Å². The van der Waals surface area contributed by atoms with E-state index in [0.29, 0.717) is 13.1 Å². The number of carbonyl (C=O) groups excluding carboxylic acids is 1. The van der Waals surface area contributed by atoms with Gasteiger partial charge in [-0.25, -0.2) is 4.98 Å². The van der Waals surface area contributed by atoms with Crippen molar-refractivity contribution in [1.29, 1.82) is 0 Å². The fourth-order valence-electron chi connectivity index (χ4n) is 1.69. The predicted octanol–water partition coefficient (Wildman–Crippen LogP) is 1.38. The van der Waals surface area contributed by atoms with Crippen LogP contribution in [0.5, 0.6) is 0 Å². The van der Waals surface area contributed by atoms with Gasteiger partial charge in [-0.3, -0.25) is 4.79 Å². The highest BCUT2D eigenvalue weighted by Crippen LogP contribution is 2.18. The summed E-state index contributed by atoms with van der Waals surface area (Å²) in [5, 5.41) is 10.4. The molecule has 1 N–H and O–H groups in total. The van der Waals surface area contributed by atoms with E-state index in [1.54, 1.807) is 4.90 Å². The molecule has 1 atom stereocenters. The molecule has 0 bridgehead atoms. The van der Waals surface area contributed by atoms with Crippen LogP contribution in [0.4, 0.5) is 5.82 Å². The van der Waals surface area contributed by atoms with E-state index in [-0.39, 0.29) is 22.8 Å². The molecule has 6 nitrogen and oxygen atoms in total. The lowest BCUT2D eigenvalue weighted by Gasteiger charge is -2.12. The second-order valence-electron chi connectivity index (χ2n) is 3.65. The van der Waals surface area contributed by atoms with E-state index in [0.717, 1.165) is 6.42 Å². The Hall–Kier alpha value is -1.56. The van der Waals surface area contributed by atoms with E-state index in [4.69, 9.17) is 11.6 Å². The minimum absolute atomic E-state index is 0.0195. The molecule has 1 aliphatic rings. The average Bonchev–Trinajstić information content (AvgIpc) is 2.84. The van der Waals surface area contributed by atoms with Gasteiger partial charge >= 0.3 is 5.82 Å². The molecule has 0 radical (unpaired) electrons. The highest BCUT2D eigenvalue weighted by molar-refractivity contribution is 6.21. The van der Waals surface area contributed by atoms with Crippen LogP contribution in [-0.2, 0) is 0 Å². The number of nitrogens with zero attached hydrogens (tertiary/aromatic N) is 2. The zero-order valence-electron chi connectivity index (χ0n) is 8.35. The number of nitro groups is 1. The Labute approximate surface area is 96.3 Å². The molecule has 1 fully saturated rings. The van der Waals surface area contributed by atoms with Crippen molar-refractivity contribution in [3.8, 4) is 0 Å². The van der Waals surface area contributed by atoms with E-state index >= 15 is 0 Å². The van der Waals surface area contributed by atoms with Crippen LogP contribution in [-0.4, -0.2) is 39.2 Å². The van der Waals surface area contributed by atoms with Crippen LogP contribution in [0.15, 0.2) is 12.1 Å². The summed E-state index contributed by atoms with van der Waals surface area (Å²) < 4.78 is 0. The second kappa shape index (κ2) is 4.13. The van der Waals surface area contributed by atoms with Crippen LogP contribution in [0.3, 0.4) is 0 Å². The van der Waals surface area contributed by atoms with Crippen LogP contribution in [0, 0.1) is 10.1 Å². The standard InChI is InChI=1S/C9H10ClN3O3/c10-6-3-4-12(5-6)9(14)7-1-2-8(11-7)13(15)16/h1-2,6,11H,3-5H2. The first kappa shape index (κ1) is 10.9. The first-order valence-corrected chi connectivity index (χ1v) is 5.28. The van der Waals surface area contributed by atoms with Crippen LogP contribution in [0.25, 0.3) is 0 Å². The van der Waals surface area contributed by atoms with Gasteiger partial charge < -0.3 is 15.0 Å². The quantitative estimate of drug-likeness (QED) is 0.484. The number of hydrogen-bond acceptors (Lipinski definition) is 3. The van der Waals surface area contributed by atoms with Crippen molar-refractivity contribution in [3.63, 3.8) is 0 Å². The van der Waals surface area contributed by atoms with Crippen molar-refractivity contribution >= 4 is 23.3 Å². The Balaban J connectivity index is 2.11. The lowest BCUT2D eigenvalue weighted by Crippen LogP contribution is -2.29. The normalized spacial score (nSPS) is 20.1. The van der Waals surface area contributed by atoms with E-state index in [9.17, 15) is 14.9 Å². The smallest absolute Gasteiger partial charge is 0.321 e. The molecule has 1 amide bonds. The first-order chi connectivity index (χ1) is 7.58. The number of carbonyl (C=O) groups is 1. The Bertz CT molecular complexity index is 431. The number of H-pyrrole nitrogens is 1. The van der Waals surface area contributed by atoms with Gasteiger partial charge in [-0.15, -0.1) is 11.6 Å². The molecule has 16 heavy (non-hydrogen) atoms. The Morgan fingerprint density at radius 2 is 2.38 bits per heavy atom. The molecule has 0 aliphatic carbocycles. The summed E-state index contributed by atoms with van der Waals surface area (Å²) in [4.78, 5) is 25.8. The van der Waals surface area contributed by atoms with Crippen molar-refractivity contribution in [2.75, 3.05) is 13.1 Å². The fourth-order valence-corrected chi connectivity index (χ4v) is 1.95. The zero-order valence-corrected chi connectivity index (χ0v) is 9.11. The molecule has 1 aromatic heterocycles. The highest BCUT2D eigenvalue weighted by Gasteiger charge is 2.28. The molecule has 0 aromatic carbocycles. The predicted molar refractivity (Wildman–Crippen MR) is 57.6 cm³/mol. The fraction of sp³-hybridized carbons (Fsp3) is 0.444. The third kappa shape index (κ3) is 2.01. The lowest BCUT2D eigenvalue weighted by molar-refractivity contribution is -0.389. The summed E-state index contributed by atoms with van der Waals surface area (Å²) in [6.45, 7) is 1.09. The number of aromatic amines is 1. The van der Waals surface area contributed by atoms with Crippen molar-refractivity contribution in [3.05, 3.63) is 27.9 Å². The molecule has 2 heterocycles. The number of nitrogens with one attached hydrogen (secondary N) is 1. The summed E-state index contributed by atoms with van der Waals surface area (Å²) in [5.41, 5.74) is 0.234. The van der Waals surface area contributed by atoms with Crippen LogP contribution in [0.2, 0.25) is 0 Å². The molecular formula is C9H10ClN3O3. The monoisotopic (exact) mass is 243 g/mol. The van der Waals surface area contributed by atoms with Gasteiger partial charge in [0.25, 0.3) is 5.91 Å². The summed E-state index contributed by atoms with van der Waals surface area (Å²) in [6, 6.07) is 2.70. The summed E-state index contributed by atoms with van der Waals surface area (Å²) in [7, 11) is 0. The van der Waals surface area contributed by atoms with Gasteiger partial charge in [0.1, 0.15) is 0 Å². The highest BCUT2D eigenvalue weighted by atomic mass is 35.5. The average molecular weight is 244 g/mol. The topological polar surface area (TPSA) is 79.2 Å². The lowest BCUT2D eigenvalue weighted by atomic mass is 10.4. The molecule has 0 saturated carbocycles. The maximum atomic E-state index is 11.8. The van der Waals surface area contributed by atoms with Gasteiger partial charge in [0, 0.05) is 19.2 Å². The molecule has 2 rings (SSSR count). The SMILES string of the molecule is O=C(c1ccc([N+](=O)[O-])[nH]1)N1CCC(Cl)C1. The summed E-state index contributed by atoms with van der Waals surface area (Å²) in [6.07, 6.45) is 0.760. The Kier molecular flexibility index (Phi) is 2.82. The van der Waals surface area contributed by atoms with E-state index in [2.05, 4.69) is 4.98 Å². The minimum atomic E-state index is -0.564. The summed E-state index contributed by atoms with van der Waals surface area (Å²) >= 11 is 5.88. The number of halogens is 1. The molecular weight excluding hydrogens is 234 g/mol. The number of hydrogen-bond donors (Lipinski definition) is 1. The third-order valence-electron chi connectivity index (χ3n) is 2.52. The van der Waals surface area contributed by atoms with Gasteiger partial charge in [0.05, 0.1) is 5.38 Å². The van der Waals surface area contributed by atoms with Gasteiger partial charge in [0.15, 0.2) is 5.69 Å². The van der Waals surface area contributed by atoms with Gasteiger partial charge in [-0.1, -0.05) is 0 Å². The largest absolute Gasteiger partial charge is 0.358 e. The Morgan fingerprint density at radius 1 is 1.62 bits per heavy atom. The number of amides is 1. The molecule has 0 spiro atoms. The number of alkyl halides is 1. The van der Waals surface area contributed by atoms with Gasteiger partial charge in [0.2, 0.25) is 0 Å². The summed E-state index contributed by atoms with van der Waals surface area (Å²) in [5.74, 6) is -0.416. The van der Waals surface area contributed by atoms with Gasteiger partial charge in [-0.05, 0) is 17.4 Å². The molecule has 1 aromatic rings. The van der Waals surface area contributed by atoms with Crippen molar-refractivity contribution < 1.29 is 9.72 Å². The van der Waals surface area contributed by atoms with Crippen LogP contribution >= 0.6 is 11.6 Å². The van der Waals surface area contributed by atoms with Crippen molar-refractivity contribution in [1.82, 2.24) is 9.88 Å². The number of aromatic nitrogens is 1. The molecule has 7 heteroatoms. The maximum Gasteiger partial charge on any atom is 0.321 e. The molecule has 1 saturated heterocycles. The first-order valence-electron chi connectivity index (χ1n) is 4.84. The van der Waals surface area contributed by atoms with Crippen LogP contribution < -0.4 is 0 Å². The number of rotatable bonds is 2. The van der Waals surface area contributed by atoms with Crippen molar-refractivity contribution in [2.24, 2.45) is 0 Å². The third-order valence-corrected chi connectivity index (χ3v) is 2.87. The number of likely N-dealkylation sites (tertiary alicyclic amines) is 1.